The second-order valence-corrected chi connectivity index (χ2v) is 9.60. The fourth-order valence-corrected chi connectivity index (χ4v) is 6.46. The van der Waals surface area contributed by atoms with E-state index >= 15 is 0 Å². The Bertz CT molecular complexity index is 1040. The van der Waals surface area contributed by atoms with Crippen molar-refractivity contribution in [1.82, 2.24) is 10.2 Å². The molecule has 2 fully saturated rings. The van der Waals surface area contributed by atoms with Gasteiger partial charge in [0.2, 0.25) is 11.8 Å². The highest BCUT2D eigenvalue weighted by Crippen LogP contribution is 2.47. The van der Waals surface area contributed by atoms with Crippen LogP contribution in [-0.2, 0) is 21.4 Å². The third-order valence-corrected chi connectivity index (χ3v) is 8.00. The topological polar surface area (TPSA) is 52.7 Å². The average molecular weight is 416 g/mol. The molecule has 2 amide bonds. The second kappa shape index (κ2) is 7.20. The third kappa shape index (κ3) is 2.86. The van der Waals surface area contributed by atoms with Crippen LogP contribution in [0.5, 0.6) is 0 Å². The first-order chi connectivity index (χ1) is 15.2. The number of likely N-dealkylation sites (tertiary alicyclic amines) is 1. The molecule has 3 aliphatic heterocycles. The SMILES string of the molecule is O=C1C[C@]2(CN1)C(=O)N(C1CCN(C3CCCc4ccccc43)CC1)c1ccccc12. The highest BCUT2D eigenvalue weighted by atomic mass is 16.2. The minimum atomic E-state index is -0.701. The van der Waals surface area contributed by atoms with Gasteiger partial charge in [0.1, 0.15) is 5.41 Å². The van der Waals surface area contributed by atoms with Crippen molar-refractivity contribution < 1.29 is 9.59 Å². The van der Waals surface area contributed by atoms with Gasteiger partial charge in [-0.15, -0.1) is 0 Å². The summed E-state index contributed by atoms with van der Waals surface area (Å²) < 4.78 is 0. The van der Waals surface area contributed by atoms with E-state index in [1.54, 1.807) is 0 Å². The van der Waals surface area contributed by atoms with E-state index in [-0.39, 0.29) is 24.3 Å². The fraction of sp³-hybridized carbons (Fsp3) is 0.462. The Kier molecular flexibility index (Phi) is 4.42. The molecule has 160 valence electrons. The molecule has 5 heteroatoms. The third-order valence-electron chi connectivity index (χ3n) is 8.00. The number of aryl methyl sites for hydroxylation is 1. The Morgan fingerprint density at radius 1 is 0.935 bits per heavy atom. The highest BCUT2D eigenvalue weighted by molar-refractivity contribution is 6.12. The van der Waals surface area contributed by atoms with E-state index in [9.17, 15) is 9.59 Å². The molecule has 0 saturated carbocycles. The number of amides is 2. The van der Waals surface area contributed by atoms with Gasteiger partial charge >= 0.3 is 0 Å². The molecule has 1 aliphatic carbocycles. The van der Waals surface area contributed by atoms with Gasteiger partial charge in [0.15, 0.2) is 0 Å². The minimum Gasteiger partial charge on any atom is -0.355 e. The molecule has 3 heterocycles. The van der Waals surface area contributed by atoms with Crippen LogP contribution in [0.15, 0.2) is 48.5 Å². The summed E-state index contributed by atoms with van der Waals surface area (Å²) in [6.07, 6.45) is 5.91. The van der Waals surface area contributed by atoms with Crippen LogP contribution >= 0.6 is 0 Å². The molecular weight excluding hydrogens is 386 g/mol. The smallest absolute Gasteiger partial charge is 0.240 e. The van der Waals surface area contributed by atoms with E-state index in [4.69, 9.17) is 0 Å². The number of hydrogen-bond acceptors (Lipinski definition) is 3. The lowest BCUT2D eigenvalue weighted by Crippen LogP contribution is -2.51. The standard InChI is InChI=1S/C26H29N3O2/c30-24-16-26(17-27-24)21-9-3-4-10-23(21)29(25(26)31)19-12-14-28(15-13-19)22-11-5-7-18-6-1-2-8-20(18)22/h1-4,6,8-10,19,22H,5,7,11-17H2,(H,27,30)/t22?,26-/m1/s1. The Morgan fingerprint density at radius 2 is 1.71 bits per heavy atom. The maximum atomic E-state index is 13.7. The molecule has 2 aromatic rings. The molecule has 0 aromatic heterocycles. The molecule has 2 atom stereocenters. The molecule has 0 radical (unpaired) electrons. The Morgan fingerprint density at radius 3 is 2.52 bits per heavy atom. The van der Waals surface area contributed by atoms with Gasteiger partial charge < -0.3 is 10.2 Å². The summed E-state index contributed by atoms with van der Waals surface area (Å²) in [5, 5.41) is 2.91. The summed E-state index contributed by atoms with van der Waals surface area (Å²) in [5.41, 5.74) is 4.36. The van der Waals surface area contributed by atoms with E-state index in [0.29, 0.717) is 12.6 Å². The highest BCUT2D eigenvalue weighted by Gasteiger charge is 2.56. The fourth-order valence-electron chi connectivity index (χ4n) is 6.46. The normalized spacial score (nSPS) is 28.6. The Labute approximate surface area is 183 Å². The van der Waals surface area contributed by atoms with Crippen molar-refractivity contribution in [3.63, 3.8) is 0 Å². The summed E-state index contributed by atoms with van der Waals surface area (Å²) in [7, 11) is 0. The number of piperidine rings is 1. The largest absolute Gasteiger partial charge is 0.355 e. The predicted octanol–water partition coefficient (Wildman–Crippen LogP) is 3.33. The van der Waals surface area contributed by atoms with Crippen molar-refractivity contribution >= 4 is 17.5 Å². The van der Waals surface area contributed by atoms with E-state index in [1.807, 2.05) is 23.1 Å². The number of fused-ring (bicyclic) bond motifs is 3. The summed E-state index contributed by atoms with van der Waals surface area (Å²) in [4.78, 5) is 30.5. The van der Waals surface area contributed by atoms with Gasteiger partial charge in [-0.3, -0.25) is 14.5 Å². The van der Waals surface area contributed by atoms with Crippen molar-refractivity contribution in [2.24, 2.45) is 0 Å². The van der Waals surface area contributed by atoms with Crippen LogP contribution in [0.3, 0.4) is 0 Å². The zero-order valence-corrected chi connectivity index (χ0v) is 17.8. The lowest BCUT2D eigenvalue weighted by atomic mass is 9.81. The molecule has 4 aliphatic rings. The number of nitrogens with zero attached hydrogens (tertiary/aromatic N) is 2. The summed E-state index contributed by atoms with van der Waals surface area (Å²) in [6, 6.07) is 17.7. The number of benzene rings is 2. The Balaban J connectivity index is 1.24. The molecule has 1 unspecified atom stereocenters. The molecule has 1 N–H and O–H groups in total. The predicted molar refractivity (Wildman–Crippen MR) is 120 cm³/mol. The van der Waals surface area contributed by atoms with Gasteiger partial charge in [-0.05, 0) is 54.9 Å². The van der Waals surface area contributed by atoms with Gasteiger partial charge in [0.25, 0.3) is 0 Å². The maximum absolute atomic E-state index is 13.7. The summed E-state index contributed by atoms with van der Waals surface area (Å²) in [5.74, 6) is 0.101. The lowest BCUT2D eigenvalue weighted by Gasteiger charge is -2.42. The van der Waals surface area contributed by atoms with E-state index < -0.39 is 5.41 Å². The van der Waals surface area contributed by atoms with E-state index in [1.165, 1.54) is 30.4 Å². The molecule has 2 saturated heterocycles. The van der Waals surface area contributed by atoms with Gasteiger partial charge in [-0.25, -0.2) is 0 Å². The van der Waals surface area contributed by atoms with Gasteiger partial charge in [-0.1, -0.05) is 42.5 Å². The van der Waals surface area contributed by atoms with Crippen molar-refractivity contribution in [1.29, 1.82) is 0 Å². The van der Waals surface area contributed by atoms with Crippen molar-refractivity contribution in [2.75, 3.05) is 24.5 Å². The van der Waals surface area contributed by atoms with Crippen LogP contribution in [0.1, 0.15) is 54.8 Å². The van der Waals surface area contributed by atoms with Gasteiger partial charge in [-0.2, -0.15) is 0 Å². The lowest BCUT2D eigenvalue weighted by molar-refractivity contribution is -0.125. The number of carbonyl (C=O) groups excluding carboxylic acids is 2. The molecular formula is C26H29N3O2. The number of rotatable bonds is 2. The van der Waals surface area contributed by atoms with Crippen LogP contribution in [0.4, 0.5) is 5.69 Å². The van der Waals surface area contributed by atoms with Crippen LogP contribution in [-0.4, -0.2) is 42.4 Å². The van der Waals surface area contributed by atoms with Gasteiger partial charge in [0, 0.05) is 43.8 Å². The Hall–Kier alpha value is -2.66. The minimum absolute atomic E-state index is 0.0178. The van der Waals surface area contributed by atoms with Crippen molar-refractivity contribution in [2.45, 2.75) is 56.0 Å². The van der Waals surface area contributed by atoms with Crippen molar-refractivity contribution in [3.8, 4) is 0 Å². The molecule has 31 heavy (non-hydrogen) atoms. The van der Waals surface area contributed by atoms with E-state index in [2.05, 4.69) is 40.5 Å². The van der Waals surface area contributed by atoms with Crippen LogP contribution in [0.2, 0.25) is 0 Å². The number of anilines is 1. The number of carbonyl (C=O) groups is 2. The first-order valence-corrected chi connectivity index (χ1v) is 11.7. The number of para-hydroxylation sites is 1. The zero-order chi connectivity index (χ0) is 21.0. The number of nitrogens with one attached hydrogen (secondary N) is 1. The van der Waals surface area contributed by atoms with Gasteiger partial charge in [0.05, 0.1) is 0 Å². The zero-order valence-electron chi connectivity index (χ0n) is 17.8. The molecule has 2 aromatic carbocycles. The molecule has 1 spiro atoms. The van der Waals surface area contributed by atoms with Crippen LogP contribution in [0, 0.1) is 0 Å². The van der Waals surface area contributed by atoms with Crippen LogP contribution in [0.25, 0.3) is 0 Å². The van der Waals surface area contributed by atoms with Crippen molar-refractivity contribution in [3.05, 3.63) is 65.2 Å². The molecule has 0 bridgehead atoms. The second-order valence-electron chi connectivity index (χ2n) is 9.60. The van der Waals surface area contributed by atoms with Crippen LogP contribution < -0.4 is 10.2 Å². The summed E-state index contributed by atoms with van der Waals surface area (Å²) >= 11 is 0. The number of hydrogen-bond donors (Lipinski definition) is 1. The maximum Gasteiger partial charge on any atom is 0.240 e. The molecule has 5 nitrogen and oxygen atoms in total. The first-order valence-electron chi connectivity index (χ1n) is 11.7. The summed E-state index contributed by atoms with van der Waals surface area (Å²) in [6.45, 7) is 2.45. The quantitative estimate of drug-likeness (QED) is 0.819. The first kappa shape index (κ1) is 19.1. The van der Waals surface area contributed by atoms with E-state index in [0.717, 1.165) is 37.2 Å². The average Bonchev–Trinajstić information content (AvgIpc) is 3.32. The monoisotopic (exact) mass is 415 g/mol. The molecule has 6 rings (SSSR count).